The Kier molecular flexibility index (Phi) is 4.78. The first-order valence-electron chi connectivity index (χ1n) is 12.5. The first-order valence-corrected chi connectivity index (χ1v) is 12.5. The number of nitrogens with zero attached hydrogens (tertiary/aromatic N) is 2. The first kappa shape index (κ1) is 20.8. The Balaban J connectivity index is 1.17. The van der Waals surface area contributed by atoms with Crippen molar-refractivity contribution < 1.29 is 19.0 Å². The van der Waals surface area contributed by atoms with Crippen LogP contribution < -0.4 is 9.64 Å². The highest BCUT2D eigenvalue weighted by Crippen LogP contribution is 2.66. The summed E-state index contributed by atoms with van der Waals surface area (Å²) in [6, 6.07) is 8.23. The van der Waals surface area contributed by atoms with Gasteiger partial charge in [-0.1, -0.05) is 19.1 Å². The standard InChI is InChI=1S/C26H36N2O4/c1-17-8-9-20-18(23(29)31-26(20)19(17)10-11-25(2)24(26)32-25)16-27-12-14-28(15-13-27)21-6-4-5-7-22(21)30-3/h4-7,17-20,24H,8-16H2,1-3H3/t17-,18-,19-,20+,24+,25-,26-/m0/s1. The van der Waals surface area contributed by atoms with Crippen LogP contribution in [0.25, 0.3) is 0 Å². The number of esters is 1. The normalized spacial score (nSPS) is 43.2. The van der Waals surface area contributed by atoms with Gasteiger partial charge in [-0.3, -0.25) is 9.69 Å². The molecular formula is C26H36N2O4. The Morgan fingerprint density at radius 2 is 1.88 bits per heavy atom. The van der Waals surface area contributed by atoms with Gasteiger partial charge in [0.1, 0.15) is 17.5 Å². The van der Waals surface area contributed by atoms with Crippen LogP contribution in [0.3, 0.4) is 0 Å². The summed E-state index contributed by atoms with van der Waals surface area (Å²) >= 11 is 0. The van der Waals surface area contributed by atoms with Crippen molar-refractivity contribution in [1.29, 1.82) is 0 Å². The highest BCUT2D eigenvalue weighted by Gasteiger charge is 2.77. The number of hydrogen-bond donors (Lipinski definition) is 0. The van der Waals surface area contributed by atoms with Gasteiger partial charge in [0, 0.05) is 44.6 Å². The van der Waals surface area contributed by atoms with E-state index >= 15 is 0 Å². The van der Waals surface area contributed by atoms with Gasteiger partial charge in [-0.15, -0.1) is 0 Å². The van der Waals surface area contributed by atoms with E-state index in [4.69, 9.17) is 14.2 Å². The van der Waals surface area contributed by atoms with Crippen molar-refractivity contribution >= 4 is 11.7 Å². The molecule has 0 aromatic heterocycles. The minimum atomic E-state index is -0.369. The molecule has 5 fully saturated rings. The lowest BCUT2D eigenvalue weighted by Gasteiger charge is -2.50. The van der Waals surface area contributed by atoms with Crippen molar-refractivity contribution in [3.63, 3.8) is 0 Å². The van der Waals surface area contributed by atoms with Gasteiger partial charge in [0.05, 0.1) is 24.3 Å². The zero-order valence-electron chi connectivity index (χ0n) is 19.6. The van der Waals surface area contributed by atoms with E-state index in [0.717, 1.165) is 63.4 Å². The largest absolute Gasteiger partial charge is 0.495 e. The van der Waals surface area contributed by atoms with Gasteiger partial charge in [-0.2, -0.15) is 0 Å². The second-order valence-corrected chi connectivity index (χ2v) is 11.0. The number of anilines is 1. The van der Waals surface area contributed by atoms with Crippen LogP contribution in [-0.4, -0.2) is 68.0 Å². The van der Waals surface area contributed by atoms with Crippen LogP contribution in [0.5, 0.6) is 5.75 Å². The Morgan fingerprint density at radius 1 is 1.09 bits per heavy atom. The molecule has 0 radical (unpaired) electrons. The molecule has 0 N–H and O–H groups in total. The predicted molar refractivity (Wildman–Crippen MR) is 122 cm³/mol. The van der Waals surface area contributed by atoms with Crippen molar-refractivity contribution in [2.45, 2.75) is 56.8 Å². The van der Waals surface area contributed by atoms with Crippen LogP contribution >= 0.6 is 0 Å². The number of piperazine rings is 1. The summed E-state index contributed by atoms with van der Waals surface area (Å²) in [7, 11) is 1.73. The van der Waals surface area contributed by atoms with Gasteiger partial charge >= 0.3 is 5.97 Å². The average molecular weight is 441 g/mol. The molecule has 1 aromatic rings. The smallest absolute Gasteiger partial charge is 0.311 e. The number of carbonyl (C=O) groups is 1. The topological polar surface area (TPSA) is 54.5 Å². The fourth-order valence-electron chi connectivity index (χ4n) is 7.60. The van der Waals surface area contributed by atoms with E-state index in [9.17, 15) is 4.79 Å². The summed E-state index contributed by atoms with van der Waals surface area (Å²) in [4.78, 5) is 18.1. The van der Waals surface area contributed by atoms with Crippen LogP contribution in [0.4, 0.5) is 5.69 Å². The van der Waals surface area contributed by atoms with E-state index in [1.54, 1.807) is 7.11 Å². The van der Waals surface area contributed by atoms with E-state index < -0.39 is 0 Å². The van der Waals surface area contributed by atoms with Gasteiger partial charge in [0.2, 0.25) is 0 Å². The third-order valence-electron chi connectivity index (χ3n) is 9.34. The van der Waals surface area contributed by atoms with Crippen molar-refractivity contribution in [2.24, 2.45) is 23.7 Å². The molecule has 0 amide bonds. The molecule has 174 valence electrons. The molecule has 32 heavy (non-hydrogen) atoms. The number of rotatable bonds is 4. The number of epoxide rings is 1. The number of hydrogen-bond acceptors (Lipinski definition) is 6. The monoisotopic (exact) mass is 440 g/mol. The summed E-state index contributed by atoms with van der Waals surface area (Å²) in [6.07, 6.45) is 4.63. The van der Waals surface area contributed by atoms with Gasteiger partial charge in [0.15, 0.2) is 0 Å². The summed E-state index contributed by atoms with van der Waals surface area (Å²) in [5.74, 6) is 2.30. The maximum absolute atomic E-state index is 13.3. The Labute approximate surface area is 191 Å². The van der Waals surface area contributed by atoms with E-state index in [2.05, 4.69) is 35.8 Å². The lowest BCUT2D eigenvalue weighted by Crippen LogP contribution is -2.58. The number of benzene rings is 1. The Bertz CT molecular complexity index is 900. The number of carbonyl (C=O) groups excluding carboxylic acids is 1. The van der Waals surface area contributed by atoms with E-state index in [0.29, 0.717) is 17.8 Å². The second-order valence-electron chi connectivity index (χ2n) is 11.0. The molecule has 6 rings (SSSR count). The maximum atomic E-state index is 13.3. The Hall–Kier alpha value is -1.79. The molecule has 2 aliphatic carbocycles. The van der Waals surface area contributed by atoms with Crippen LogP contribution in [-0.2, 0) is 14.3 Å². The van der Waals surface area contributed by atoms with Gasteiger partial charge in [-0.05, 0) is 50.7 Å². The molecule has 0 bridgehead atoms. The minimum absolute atomic E-state index is 0.0191. The van der Waals surface area contributed by atoms with E-state index in [1.807, 2.05) is 12.1 Å². The molecule has 5 aliphatic rings. The predicted octanol–water partition coefficient (Wildman–Crippen LogP) is 3.34. The third-order valence-corrected chi connectivity index (χ3v) is 9.34. The van der Waals surface area contributed by atoms with Crippen LogP contribution in [0.1, 0.15) is 39.5 Å². The summed E-state index contributed by atoms with van der Waals surface area (Å²) in [5.41, 5.74) is 0.720. The number of fused-ring (bicyclic) bond motifs is 1. The molecule has 3 aliphatic heterocycles. The van der Waals surface area contributed by atoms with Crippen LogP contribution in [0.2, 0.25) is 0 Å². The molecule has 2 saturated carbocycles. The lowest BCUT2D eigenvalue weighted by molar-refractivity contribution is -0.168. The quantitative estimate of drug-likeness (QED) is 0.529. The minimum Gasteiger partial charge on any atom is -0.495 e. The highest BCUT2D eigenvalue weighted by molar-refractivity contribution is 5.77. The molecule has 1 aromatic carbocycles. The van der Waals surface area contributed by atoms with Crippen molar-refractivity contribution in [3.8, 4) is 5.75 Å². The van der Waals surface area contributed by atoms with Gasteiger partial charge in [-0.25, -0.2) is 0 Å². The lowest BCUT2D eigenvalue weighted by atomic mass is 9.55. The molecule has 3 saturated heterocycles. The zero-order valence-corrected chi connectivity index (χ0v) is 19.6. The second kappa shape index (κ2) is 7.36. The van der Waals surface area contributed by atoms with Crippen molar-refractivity contribution in [2.75, 3.05) is 44.7 Å². The van der Waals surface area contributed by atoms with E-state index in [-0.39, 0.29) is 29.2 Å². The number of methoxy groups -OCH3 is 1. The SMILES string of the molecule is COc1ccccc1N1CCN(C[C@@H]2C(=O)O[C@]34[C@@H]2CC[C@H](C)[C@@H]3CC[C@]2(C)O[C@@H]42)CC1. The molecular weight excluding hydrogens is 404 g/mol. The Morgan fingerprint density at radius 3 is 2.66 bits per heavy atom. The molecule has 3 heterocycles. The van der Waals surface area contributed by atoms with Gasteiger partial charge < -0.3 is 19.1 Å². The third kappa shape index (κ3) is 2.95. The summed E-state index contributed by atoms with van der Waals surface area (Å²) in [5, 5.41) is 0. The van der Waals surface area contributed by atoms with Gasteiger partial charge in [0.25, 0.3) is 0 Å². The molecule has 7 atom stereocenters. The molecule has 0 unspecified atom stereocenters. The average Bonchev–Trinajstić information content (AvgIpc) is 3.44. The number of ether oxygens (including phenoxy) is 3. The van der Waals surface area contributed by atoms with Crippen molar-refractivity contribution in [3.05, 3.63) is 24.3 Å². The van der Waals surface area contributed by atoms with Crippen LogP contribution in [0.15, 0.2) is 24.3 Å². The number of para-hydroxylation sites is 2. The maximum Gasteiger partial charge on any atom is 0.311 e. The molecule has 6 nitrogen and oxygen atoms in total. The molecule has 6 heteroatoms. The molecule has 1 spiro atoms. The highest BCUT2D eigenvalue weighted by atomic mass is 16.7. The zero-order chi connectivity index (χ0) is 22.1. The first-order chi connectivity index (χ1) is 15.5. The fraction of sp³-hybridized carbons (Fsp3) is 0.731. The summed E-state index contributed by atoms with van der Waals surface area (Å²) < 4.78 is 18.2. The fourth-order valence-corrected chi connectivity index (χ4v) is 7.60. The summed E-state index contributed by atoms with van der Waals surface area (Å²) in [6.45, 7) is 9.19. The van der Waals surface area contributed by atoms with Crippen molar-refractivity contribution in [1.82, 2.24) is 4.90 Å². The van der Waals surface area contributed by atoms with E-state index in [1.165, 1.54) is 6.42 Å². The van der Waals surface area contributed by atoms with Crippen LogP contribution in [0, 0.1) is 23.7 Å².